The first-order chi connectivity index (χ1) is 14.5. The minimum atomic E-state index is -0.897. The SMILES string of the molecule is Cc1cccc(C(=O)N2C[C@H](C(=O)N3CCOCC3)Oc3ccccc32)c1[N+](=O)[O-]. The van der Waals surface area contributed by atoms with E-state index in [-0.39, 0.29) is 23.7 Å². The molecule has 1 atom stereocenters. The Hall–Kier alpha value is -3.46. The highest BCUT2D eigenvalue weighted by molar-refractivity contribution is 6.10. The molecule has 2 aromatic rings. The van der Waals surface area contributed by atoms with Crippen molar-refractivity contribution in [2.24, 2.45) is 0 Å². The smallest absolute Gasteiger partial charge is 0.285 e. The van der Waals surface area contributed by atoms with Crippen LogP contribution in [0.5, 0.6) is 5.75 Å². The molecule has 9 heteroatoms. The molecule has 2 aromatic carbocycles. The lowest BCUT2D eigenvalue weighted by Gasteiger charge is -2.37. The number of aryl methyl sites for hydroxylation is 1. The molecule has 0 spiro atoms. The van der Waals surface area contributed by atoms with Gasteiger partial charge in [-0.05, 0) is 25.1 Å². The van der Waals surface area contributed by atoms with E-state index in [0.717, 1.165) is 0 Å². The molecule has 9 nitrogen and oxygen atoms in total. The van der Waals surface area contributed by atoms with Gasteiger partial charge in [-0.25, -0.2) is 0 Å². The number of nitro groups is 1. The van der Waals surface area contributed by atoms with E-state index < -0.39 is 16.9 Å². The maximum absolute atomic E-state index is 13.4. The lowest BCUT2D eigenvalue weighted by Crippen LogP contribution is -2.54. The number of rotatable bonds is 3. The van der Waals surface area contributed by atoms with Gasteiger partial charge in [0.05, 0.1) is 30.4 Å². The van der Waals surface area contributed by atoms with Crippen molar-refractivity contribution in [1.29, 1.82) is 0 Å². The molecule has 30 heavy (non-hydrogen) atoms. The second kappa shape index (κ2) is 8.11. The third kappa shape index (κ3) is 3.59. The summed E-state index contributed by atoms with van der Waals surface area (Å²) >= 11 is 0. The molecule has 0 bridgehead atoms. The first kappa shape index (κ1) is 19.8. The summed E-state index contributed by atoms with van der Waals surface area (Å²) in [6.45, 7) is 3.37. The van der Waals surface area contributed by atoms with Crippen molar-refractivity contribution in [3.8, 4) is 5.75 Å². The van der Waals surface area contributed by atoms with Gasteiger partial charge < -0.3 is 19.3 Å². The zero-order chi connectivity index (χ0) is 21.3. The molecule has 0 aromatic heterocycles. The molecule has 4 rings (SSSR count). The molecule has 156 valence electrons. The number of ether oxygens (including phenoxy) is 2. The molecule has 2 amide bonds. The minimum Gasteiger partial charge on any atom is -0.476 e. The fraction of sp³-hybridized carbons (Fsp3) is 0.333. The number of anilines is 1. The van der Waals surface area contributed by atoms with Crippen LogP contribution in [0.4, 0.5) is 11.4 Å². The van der Waals surface area contributed by atoms with Gasteiger partial charge in [-0.15, -0.1) is 0 Å². The molecule has 2 aliphatic heterocycles. The monoisotopic (exact) mass is 411 g/mol. The highest BCUT2D eigenvalue weighted by Crippen LogP contribution is 2.36. The zero-order valence-corrected chi connectivity index (χ0v) is 16.4. The molecule has 0 saturated carbocycles. The lowest BCUT2D eigenvalue weighted by atomic mass is 10.1. The van der Waals surface area contributed by atoms with Gasteiger partial charge >= 0.3 is 0 Å². The summed E-state index contributed by atoms with van der Waals surface area (Å²) in [6.07, 6.45) is -0.897. The number of carbonyl (C=O) groups is 2. The van der Waals surface area contributed by atoms with Gasteiger partial charge in [-0.3, -0.25) is 19.7 Å². The normalized spacial score (nSPS) is 18.4. The van der Waals surface area contributed by atoms with Crippen molar-refractivity contribution in [3.05, 3.63) is 63.7 Å². The Morgan fingerprint density at radius 2 is 1.83 bits per heavy atom. The van der Waals surface area contributed by atoms with E-state index in [1.807, 2.05) is 0 Å². The van der Waals surface area contributed by atoms with Crippen molar-refractivity contribution < 1.29 is 24.0 Å². The summed E-state index contributed by atoms with van der Waals surface area (Å²) in [4.78, 5) is 40.5. The van der Waals surface area contributed by atoms with Gasteiger partial charge in [0.1, 0.15) is 11.3 Å². The van der Waals surface area contributed by atoms with Crippen LogP contribution in [0.25, 0.3) is 0 Å². The standard InChI is InChI=1S/C21H21N3O6/c1-14-5-4-6-15(19(14)24(27)28)20(25)23-13-18(21(26)22-9-11-29-12-10-22)30-17-8-3-2-7-16(17)23/h2-8,18H,9-13H2,1H3/t18-/m1/s1. The summed E-state index contributed by atoms with van der Waals surface area (Å²) in [5, 5.41) is 11.6. The van der Waals surface area contributed by atoms with Crippen molar-refractivity contribution in [1.82, 2.24) is 4.90 Å². The summed E-state index contributed by atoms with van der Waals surface area (Å²) in [5.74, 6) is -0.385. The van der Waals surface area contributed by atoms with Crippen molar-refractivity contribution >= 4 is 23.2 Å². The van der Waals surface area contributed by atoms with Crippen LogP contribution in [0, 0.1) is 17.0 Å². The first-order valence-electron chi connectivity index (χ1n) is 9.65. The third-order valence-electron chi connectivity index (χ3n) is 5.27. The summed E-state index contributed by atoms with van der Waals surface area (Å²) < 4.78 is 11.2. The number of nitro benzene ring substituents is 1. The third-order valence-corrected chi connectivity index (χ3v) is 5.27. The molecular formula is C21H21N3O6. The summed E-state index contributed by atoms with van der Waals surface area (Å²) in [7, 11) is 0. The predicted molar refractivity (Wildman–Crippen MR) is 108 cm³/mol. The minimum absolute atomic E-state index is 0.0192. The Morgan fingerprint density at radius 3 is 2.57 bits per heavy atom. The van der Waals surface area contributed by atoms with Crippen LogP contribution in [-0.2, 0) is 9.53 Å². The molecule has 1 saturated heterocycles. The Kier molecular flexibility index (Phi) is 5.37. The second-order valence-corrected chi connectivity index (χ2v) is 7.16. The highest BCUT2D eigenvalue weighted by atomic mass is 16.6. The van der Waals surface area contributed by atoms with E-state index in [2.05, 4.69) is 0 Å². The van der Waals surface area contributed by atoms with Crippen molar-refractivity contribution in [3.63, 3.8) is 0 Å². The second-order valence-electron chi connectivity index (χ2n) is 7.16. The van der Waals surface area contributed by atoms with E-state index in [9.17, 15) is 19.7 Å². The number of fused-ring (bicyclic) bond motifs is 1. The van der Waals surface area contributed by atoms with Crippen LogP contribution in [-0.4, -0.2) is 60.6 Å². The number of nitrogens with zero attached hydrogens (tertiary/aromatic N) is 3. The van der Waals surface area contributed by atoms with Crippen LogP contribution < -0.4 is 9.64 Å². The zero-order valence-electron chi connectivity index (χ0n) is 16.4. The molecule has 2 heterocycles. The molecule has 0 unspecified atom stereocenters. The molecule has 2 aliphatic rings. The topological polar surface area (TPSA) is 102 Å². The molecule has 0 radical (unpaired) electrons. The molecule has 0 N–H and O–H groups in total. The Morgan fingerprint density at radius 1 is 1.10 bits per heavy atom. The van der Waals surface area contributed by atoms with E-state index in [1.165, 1.54) is 11.0 Å². The van der Waals surface area contributed by atoms with E-state index in [1.54, 1.807) is 48.2 Å². The van der Waals surface area contributed by atoms with Crippen LogP contribution in [0.2, 0.25) is 0 Å². The van der Waals surface area contributed by atoms with Crippen molar-refractivity contribution in [2.45, 2.75) is 13.0 Å². The van der Waals surface area contributed by atoms with E-state index in [0.29, 0.717) is 43.3 Å². The van der Waals surface area contributed by atoms with Gasteiger partial charge in [0.2, 0.25) is 0 Å². The van der Waals surface area contributed by atoms with E-state index >= 15 is 0 Å². The Labute approximate surface area is 172 Å². The fourth-order valence-electron chi connectivity index (χ4n) is 3.76. The summed E-state index contributed by atoms with van der Waals surface area (Å²) in [6, 6.07) is 11.5. The van der Waals surface area contributed by atoms with Crippen LogP contribution >= 0.6 is 0 Å². The van der Waals surface area contributed by atoms with Gasteiger partial charge in [0.15, 0.2) is 6.10 Å². The molecule has 0 aliphatic carbocycles. The number of benzene rings is 2. The number of hydrogen-bond acceptors (Lipinski definition) is 6. The largest absolute Gasteiger partial charge is 0.476 e. The van der Waals surface area contributed by atoms with E-state index in [4.69, 9.17) is 9.47 Å². The Balaban J connectivity index is 1.70. The van der Waals surface area contributed by atoms with Gasteiger partial charge in [-0.2, -0.15) is 0 Å². The quantitative estimate of drug-likeness (QED) is 0.567. The van der Waals surface area contributed by atoms with Crippen LogP contribution in [0.15, 0.2) is 42.5 Å². The number of hydrogen-bond donors (Lipinski definition) is 0. The van der Waals surface area contributed by atoms with Gasteiger partial charge in [-0.1, -0.05) is 24.3 Å². The van der Waals surface area contributed by atoms with Crippen molar-refractivity contribution in [2.75, 3.05) is 37.7 Å². The lowest BCUT2D eigenvalue weighted by molar-refractivity contribution is -0.385. The van der Waals surface area contributed by atoms with Gasteiger partial charge in [0.25, 0.3) is 17.5 Å². The highest BCUT2D eigenvalue weighted by Gasteiger charge is 2.38. The Bertz CT molecular complexity index is 1000. The van der Waals surface area contributed by atoms with Crippen LogP contribution in [0.1, 0.15) is 15.9 Å². The maximum atomic E-state index is 13.4. The first-order valence-corrected chi connectivity index (χ1v) is 9.65. The number of morpholine rings is 1. The average molecular weight is 411 g/mol. The number of carbonyl (C=O) groups excluding carboxylic acids is 2. The fourth-order valence-corrected chi connectivity index (χ4v) is 3.76. The summed E-state index contributed by atoms with van der Waals surface area (Å²) in [5.41, 5.74) is 0.620. The van der Waals surface area contributed by atoms with Gasteiger partial charge in [0, 0.05) is 18.7 Å². The van der Waals surface area contributed by atoms with Crippen LogP contribution in [0.3, 0.4) is 0 Å². The number of para-hydroxylation sites is 3. The maximum Gasteiger partial charge on any atom is 0.285 e. The molecular weight excluding hydrogens is 390 g/mol. The number of amides is 2. The molecule has 1 fully saturated rings. The predicted octanol–water partition coefficient (Wildman–Crippen LogP) is 2.17. The average Bonchev–Trinajstić information content (AvgIpc) is 2.77.